The standard InChI is InChI=1S/C16H28O/c1-16(2)14-9-7-11-5-3-4-6-12(11)13(14)8-10-15(16)17/h11-15,17H,3-10H2,1-2H3. The molecule has 3 fully saturated rings. The average molecular weight is 236 g/mol. The summed E-state index contributed by atoms with van der Waals surface area (Å²) >= 11 is 0. The highest BCUT2D eigenvalue weighted by atomic mass is 16.3. The van der Waals surface area contributed by atoms with Crippen LogP contribution in [0.2, 0.25) is 0 Å². The van der Waals surface area contributed by atoms with E-state index in [-0.39, 0.29) is 11.5 Å². The van der Waals surface area contributed by atoms with Gasteiger partial charge < -0.3 is 5.11 Å². The lowest BCUT2D eigenvalue weighted by molar-refractivity contribution is -0.107. The minimum Gasteiger partial charge on any atom is -0.393 e. The number of fused-ring (bicyclic) bond motifs is 3. The molecule has 1 nitrogen and oxygen atoms in total. The summed E-state index contributed by atoms with van der Waals surface area (Å²) in [6, 6.07) is 0. The molecule has 0 aromatic heterocycles. The molecular formula is C16H28O. The molecule has 0 saturated heterocycles. The third kappa shape index (κ3) is 1.85. The van der Waals surface area contributed by atoms with Gasteiger partial charge in [-0.25, -0.2) is 0 Å². The van der Waals surface area contributed by atoms with Crippen LogP contribution in [-0.2, 0) is 0 Å². The molecule has 0 heterocycles. The third-order valence-electron chi connectivity index (χ3n) is 6.47. The molecule has 0 aromatic rings. The largest absolute Gasteiger partial charge is 0.393 e. The van der Waals surface area contributed by atoms with Gasteiger partial charge in [0.1, 0.15) is 0 Å². The van der Waals surface area contributed by atoms with Crippen molar-refractivity contribution in [1.29, 1.82) is 0 Å². The van der Waals surface area contributed by atoms with Crippen molar-refractivity contribution in [1.82, 2.24) is 0 Å². The average Bonchev–Trinajstić information content (AvgIpc) is 2.33. The Bertz CT molecular complexity index is 283. The minimum absolute atomic E-state index is 0.0520. The van der Waals surface area contributed by atoms with Crippen LogP contribution in [0.4, 0.5) is 0 Å². The molecular weight excluding hydrogens is 208 g/mol. The second-order valence-electron chi connectivity index (χ2n) is 7.47. The summed E-state index contributed by atoms with van der Waals surface area (Å²) in [4.78, 5) is 0. The fraction of sp³-hybridized carbons (Fsp3) is 1.00. The monoisotopic (exact) mass is 236 g/mol. The number of aliphatic hydroxyl groups excluding tert-OH is 1. The Morgan fingerprint density at radius 3 is 2.41 bits per heavy atom. The van der Waals surface area contributed by atoms with Gasteiger partial charge in [-0.05, 0) is 61.2 Å². The van der Waals surface area contributed by atoms with Gasteiger partial charge >= 0.3 is 0 Å². The maximum atomic E-state index is 10.3. The molecule has 5 atom stereocenters. The minimum atomic E-state index is -0.0520. The van der Waals surface area contributed by atoms with Gasteiger partial charge in [-0.15, -0.1) is 0 Å². The number of aliphatic hydroxyl groups is 1. The first kappa shape index (κ1) is 12.0. The van der Waals surface area contributed by atoms with Crippen molar-refractivity contribution in [2.75, 3.05) is 0 Å². The predicted molar refractivity (Wildman–Crippen MR) is 70.7 cm³/mol. The molecule has 0 aliphatic heterocycles. The maximum absolute atomic E-state index is 10.3. The number of rotatable bonds is 0. The van der Waals surface area contributed by atoms with Crippen LogP contribution in [-0.4, -0.2) is 11.2 Å². The van der Waals surface area contributed by atoms with E-state index in [1.165, 1.54) is 44.9 Å². The van der Waals surface area contributed by atoms with Crippen molar-refractivity contribution in [2.45, 2.75) is 71.3 Å². The van der Waals surface area contributed by atoms with E-state index in [1.54, 1.807) is 0 Å². The van der Waals surface area contributed by atoms with Gasteiger partial charge in [0.15, 0.2) is 0 Å². The van der Waals surface area contributed by atoms with Crippen LogP contribution < -0.4 is 0 Å². The highest BCUT2D eigenvalue weighted by Gasteiger charge is 2.50. The Morgan fingerprint density at radius 2 is 1.59 bits per heavy atom. The van der Waals surface area contributed by atoms with Gasteiger partial charge in [-0.3, -0.25) is 0 Å². The third-order valence-corrected chi connectivity index (χ3v) is 6.47. The first-order valence-corrected chi connectivity index (χ1v) is 7.79. The summed E-state index contributed by atoms with van der Waals surface area (Å²) in [6.45, 7) is 4.63. The highest BCUT2D eigenvalue weighted by molar-refractivity contribution is 5.00. The fourth-order valence-corrected chi connectivity index (χ4v) is 5.37. The van der Waals surface area contributed by atoms with Crippen LogP contribution in [0.1, 0.15) is 65.2 Å². The van der Waals surface area contributed by atoms with Gasteiger partial charge in [0.2, 0.25) is 0 Å². The highest BCUT2D eigenvalue weighted by Crippen LogP contribution is 2.56. The summed E-state index contributed by atoms with van der Waals surface area (Å²) in [6.07, 6.45) is 11.1. The second-order valence-corrected chi connectivity index (χ2v) is 7.47. The molecule has 3 rings (SSSR count). The molecule has 0 amide bonds. The number of hydrogen-bond donors (Lipinski definition) is 1. The smallest absolute Gasteiger partial charge is 0.0594 e. The Hall–Kier alpha value is -0.0400. The molecule has 3 aliphatic rings. The summed E-state index contributed by atoms with van der Waals surface area (Å²) in [5.74, 6) is 3.78. The second kappa shape index (κ2) is 4.26. The SMILES string of the molecule is CC1(C)C(O)CCC2C3CCCCC3CCC21. The summed E-state index contributed by atoms with van der Waals surface area (Å²) in [5, 5.41) is 10.3. The van der Waals surface area contributed by atoms with Crippen LogP contribution in [0, 0.1) is 29.1 Å². The van der Waals surface area contributed by atoms with Crippen LogP contribution in [0.3, 0.4) is 0 Å². The molecule has 17 heavy (non-hydrogen) atoms. The quantitative estimate of drug-likeness (QED) is 0.674. The van der Waals surface area contributed by atoms with Crippen LogP contribution >= 0.6 is 0 Å². The van der Waals surface area contributed by atoms with E-state index in [9.17, 15) is 5.11 Å². The predicted octanol–water partition coefficient (Wildman–Crippen LogP) is 4.00. The van der Waals surface area contributed by atoms with Gasteiger partial charge in [-0.1, -0.05) is 33.1 Å². The summed E-state index contributed by atoms with van der Waals surface area (Å²) in [5.41, 5.74) is 0.172. The van der Waals surface area contributed by atoms with Gasteiger partial charge in [0.05, 0.1) is 6.10 Å². The topological polar surface area (TPSA) is 20.2 Å². The van der Waals surface area contributed by atoms with E-state index in [2.05, 4.69) is 13.8 Å². The van der Waals surface area contributed by atoms with E-state index in [0.29, 0.717) is 0 Å². The van der Waals surface area contributed by atoms with Crippen molar-refractivity contribution in [3.63, 3.8) is 0 Å². The molecule has 0 spiro atoms. The molecule has 0 radical (unpaired) electrons. The lowest BCUT2D eigenvalue weighted by Gasteiger charge is -2.55. The molecule has 3 aliphatic carbocycles. The zero-order chi connectivity index (χ0) is 12.0. The molecule has 0 aromatic carbocycles. The summed E-state index contributed by atoms with van der Waals surface area (Å²) in [7, 11) is 0. The van der Waals surface area contributed by atoms with Gasteiger partial charge in [0, 0.05) is 0 Å². The van der Waals surface area contributed by atoms with E-state index >= 15 is 0 Å². The Kier molecular flexibility index (Phi) is 3.01. The van der Waals surface area contributed by atoms with Crippen molar-refractivity contribution < 1.29 is 5.11 Å². The van der Waals surface area contributed by atoms with E-state index < -0.39 is 0 Å². The first-order chi connectivity index (χ1) is 8.10. The maximum Gasteiger partial charge on any atom is 0.0594 e. The van der Waals surface area contributed by atoms with Crippen LogP contribution in [0.15, 0.2) is 0 Å². The lowest BCUT2D eigenvalue weighted by Crippen LogP contribution is -2.50. The molecule has 0 bridgehead atoms. The zero-order valence-corrected chi connectivity index (χ0v) is 11.5. The Balaban J connectivity index is 1.82. The van der Waals surface area contributed by atoms with Crippen molar-refractivity contribution in [3.8, 4) is 0 Å². The molecule has 1 N–H and O–H groups in total. The lowest BCUT2D eigenvalue weighted by atomic mass is 9.51. The van der Waals surface area contributed by atoms with Gasteiger partial charge in [-0.2, -0.15) is 0 Å². The van der Waals surface area contributed by atoms with Gasteiger partial charge in [0.25, 0.3) is 0 Å². The van der Waals surface area contributed by atoms with E-state index in [4.69, 9.17) is 0 Å². The summed E-state index contributed by atoms with van der Waals surface area (Å²) < 4.78 is 0. The van der Waals surface area contributed by atoms with E-state index in [1.807, 2.05) is 0 Å². The Labute approximate surface area is 106 Å². The molecule has 98 valence electrons. The normalized spacial score (nSPS) is 49.2. The Morgan fingerprint density at radius 1 is 0.824 bits per heavy atom. The molecule has 1 heteroatoms. The van der Waals surface area contributed by atoms with Crippen LogP contribution in [0.5, 0.6) is 0 Å². The first-order valence-electron chi connectivity index (χ1n) is 7.79. The fourth-order valence-electron chi connectivity index (χ4n) is 5.37. The zero-order valence-electron chi connectivity index (χ0n) is 11.5. The van der Waals surface area contributed by atoms with Crippen molar-refractivity contribution >= 4 is 0 Å². The number of hydrogen-bond acceptors (Lipinski definition) is 1. The van der Waals surface area contributed by atoms with E-state index in [0.717, 1.165) is 30.1 Å². The van der Waals surface area contributed by atoms with Crippen molar-refractivity contribution in [2.24, 2.45) is 29.1 Å². The molecule has 5 unspecified atom stereocenters. The van der Waals surface area contributed by atoms with Crippen LogP contribution in [0.25, 0.3) is 0 Å². The van der Waals surface area contributed by atoms with Crippen molar-refractivity contribution in [3.05, 3.63) is 0 Å². The molecule has 3 saturated carbocycles.